The van der Waals surface area contributed by atoms with Crippen molar-refractivity contribution in [1.82, 2.24) is 14.1 Å². The van der Waals surface area contributed by atoms with Crippen LogP contribution in [0, 0.1) is 0 Å². The summed E-state index contributed by atoms with van der Waals surface area (Å²) in [6, 6.07) is 5.90. The first-order valence-corrected chi connectivity index (χ1v) is 15.7. The largest absolute Gasteiger partial charge is 0.450 e. The third-order valence-electron chi connectivity index (χ3n) is 7.14. The number of nitrogens with zero attached hydrogens (tertiary/aromatic N) is 3. The van der Waals surface area contributed by atoms with Crippen LogP contribution in [0.2, 0.25) is 0 Å². The molecule has 10 nitrogen and oxygen atoms in total. The minimum atomic E-state index is -3.60. The van der Waals surface area contributed by atoms with E-state index in [-0.39, 0.29) is 23.0 Å². The van der Waals surface area contributed by atoms with Gasteiger partial charge in [-0.15, -0.1) is 11.3 Å². The van der Waals surface area contributed by atoms with Gasteiger partial charge in [0.25, 0.3) is 11.8 Å². The molecule has 12 heteroatoms. The molecule has 1 aromatic heterocycles. The van der Waals surface area contributed by atoms with Crippen LogP contribution >= 0.6 is 11.3 Å². The fraction of sp³-hybridized carbons (Fsp3) is 0.519. The number of fused-ring (bicyclic) bond motifs is 1. The van der Waals surface area contributed by atoms with E-state index in [2.05, 4.69) is 5.32 Å². The Morgan fingerprint density at radius 1 is 1.00 bits per heavy atom. The summed E-state index contributed by atoms with van der Waals surface area (Å²) in [5, 5.41) is 3.32. The van der Waals surface area contributed by atoms with E-state index in [9.17, 15) is 22.8 Å². The summed E-state index contributed by atoms with van der Waals surface area (Å²) < 4.78 is 32.6. The van der Waals surface area contributed by atoms with Crippen LogP contribution in [0.5, 0.6) is 0 Å². The monoisotopic (exact) mass is 576 g/mol. The molecule has 1 fully saturated rings. The highest BCUT2D eigenvalue weighted by Gasteiger charge is 2.32. The van der Waals surface area contributed by atoms with Crippen LogP contribution in [0.4, 0.5) is 9.80 Å². The second-order valence-electron chi connectivity index (χ2n) is 9.50. The number of anilines is 1. The molecule has 0 atom stereocenters. The number of rotatable bonds is 8. The van der Waals surface area contributed by atoms with E-state index < -0.39 is 22.0 Å². The maximum atomic E-state index is 13.5. The van der Waals surface area contributed by atoms with Crippen molar-refractivity contribution < 1.29 is 27.5 Å². The molecule has 39 heavy (non-hydrogen) atoms. The van der Waals surface area contributed by atoms with E-state index in [1.807, 2.05) is 13.8 Å². The predicted molar refractivity (Wildman–Crippen MR) is 150 cm³/mol. The molecule has 2 aromatic rings. The van der Waals surface area contributed by atoms with Crippen molar-refractivity contribution in [2.45, 2.75) is 57.9 Å². The lowest BCUT2D eigenvalue weighted by Crippen LogP contribution is -2.37. The van der Waals surface area contributed by atoms with Gasteiger partial charge in [0, 0.05) is 43.2 Å². The second kappa shape index (κ2) is 12.5. The molecule has 0 unspecified atom stereocenters. The molecule has 0 saturated carbocycles. The van der Waals surface area contributed by atoms with Gasteiger partial charge in [-0.2, -0.15) is 4.31 Å². The Kier molecular flexibility index (Phi) is 9.29. The average Bonchev–Trinajstić information content (AvgIpc) is 3.31. The fourth-order valence-electron chi connectivity index (χ4n) is 4.97. The molecular formula is C27H36N4O6S2. The van der Waals surface area contributed by atoms with Crippen LogP contribution in [0.1, 0.15) is 71.2 Å². The highest BCUT2D eigenvalue weighted by molar-refractivity contribution is 7.89. The van der Waals surface area contributed by atoms with Crippen LogP contribution in [0.3, 0.4) is 0 Å². The summed E-state index contributed by atoms with van der Waals surface area (Å²) in [6.45, 7) is 8.61. The first-order chi connectivity index (χ1) is 18.7. The number of hydrogen-bond acceptors (Lipinski definition) is 7. The zero-order valence-electron chi connectivity index (χ0n) is 22.7. The topological polar surface area (TPSA) is 116 Å². The Morgan fingerprint density at radius 2 is 1.67 bits per heavy atom. The number of piperidine rings is 1. The van der Waals surface area contributed by atoms with Crippen molar-refractivity contribution in [3.8, 4) is 0 Å². The van der Waals surface area contributed by atoms with Gasteiger partial charge in [0.05, 0.1) is 23.6 Å². The van der Waals surface area contributed by atoms with Crippen molar-refractivity contribution in [3.05, 3.63) is 45.8 Å². The van der Waals surface area contributed by atoms with Crippen LogP contribution in [0.25, 0.3) is 0 Å². The van der Waals surface area contributed by atoms with Crippen molar-refractivity contribution in [2.24, 2.45) is 0 Å². The molecule has 212 valence electrons. The van der Waals surface area contributed by atoms with E-state index >= 15 is 0 Å². The van der Waals surface area contributed by atoms with Gasteiger partial charge < -0.3 is 19.9 Å². The lowest BCUT2D eigenvalue weighted by atomic mass is 10.0. The molecule has 2 aliphatic heterocycles. The highest BCUT2D eigenvalue weighted by atomic mass is 32.2. The first kappa shape index (κ1) is 29.0. The Morgan fingerprint density at radius 3 is 2.28 bits per heavy atom. The molecular weight excluding hydrogens is 540 g/mol. The van der Waals surface area contributed by atoms with Crippen molar-refractivity contribution in [3.63, 3.8) is 0 Å². The van der Waals surface area contributed by atoms with Gasteiger partial charge in [-0.25, -0.2) is 13.2 Å². The minimum absolute atomic E-state index is 0.156. The Hall–Kier alpha value is -2.96. The predicted octanol–water partition coefficient (Wildman–Crippen LogP) is 4.17. The van der Waals surface area contributed by atoms with Crippen LogP contribution in [0.15, 0.2) is 29.2 Å². The number of hydrogen-bond donors (Lipinski definition) is 1. The van der Waals surface area contributed by atoms with Gasteiger partial charge in [-0.3, -0.25) is 9.59 Å². The molecule has 0 aliphatic carbocycles. The molecule has 0 bridgehead atoms. The standard InChI is InChI=1S/C27H36N4O6S2/c1-4-29(5-2)26(33)23-21-14-17-30(27(34)37-6-3)18-22(21)38-25(23)28-24(32)19-10-12-20(13-11-19)39(35,36)31-15-8-7-9-16-31/h10-13H,4-9,14-18H2,1-3H3,(H,28,32). The number of carbonyl (C=O) groups is 3. The molecule has 1 aromatic carbocycles. The summed E-state index contributed by atoms with van der Waals surface area (Å²) in [6.07, 6.45) is 2.79. The summed E-state index contributed by atoms with van der Waals surface area (Å²) in [5.41, 5.74) is 1.59. The average molecular weight is 577 g/mol. The lowest BCUT2D eigenvalue weighted by Gasteiger charge is -2.27. The van der Waals surface area contributed by atoms with E-state index in [0.717, 1.165) is 29.7 Å². The number of ether oxygens (including phenoxy) is 1. The number of thiophene rings is 1. The van der Waals surface area contributed by atoms with Crippen molar-refractivity contribution in [1.29, 1.82) is 0 Å². The van der Waals surface area contributed by atoms with E-state index in [0.29, 0.717) is 56.3 Å². The van der Waals surface area contributed by atoms with Crippen LogP contribution in [-0.2, 0) is 27.7 Å². The lowest BCUT2D eigenvalue weighted by molar-refractivity contribution is 0.0772. The molecule has 0 spiro atoms. The van der Waals surface area contributed by atoms with Crippen molar-refractivity contribution >= 4 is 44.3 Å². The zero-order valence-corrected chi connectivity index (χ0v) is 24.3. The number of sulfonamides is 1. The Labute approximate surface area is 234 Å². The summed E-state index contributed by atoms with van der Waals surface area (Å²) >= 11 is 1.29. The third-order valence-corrected chi connectivity index (χ3v) is 10.2. The quantitative estimate of drug-likeness (QED) is 0.504. The molecule has 4 rings (SSSR count). The van der Waals surface area contributed by atoms with E-state index in [1.165, 1.54) is 39.9 Å². The van der Waals surface area contributed by atoms with E-state index in [1.54, 1.807) is 16.7 Å². The number of amides is 3. The van der Waals surface area contributed by atoms with Gasteiger partial charge in [0.15, 0.2) is 0 Å². The maximum Gasteiger partial charge on any atom is 0.410 e. The molecule has 3 amide bonds. The van der Waals surface area contributed by atoms with Gasteiger partial charge in [-0.1, -0.05) is 6.42 Å². The number of nitrogens with one attached hydrogen (secondary N) is 1. The van der Waals surface area contributed by atoms with Crippen LogP contribution in [-0.4, -0.2) is 79.8 Å². The fourth-order valence-corrected chi connectivity index (χ4v) is 7.73. The molecule has 1 N–H and O–H groups in total. The SMILES string of the molecule is CCOC(=O)N1CCc2c(sc(NC(=O)c3ccc(S(=O)(=O)N4CCCCC4)cc3)c2C(=O)N(CC)CC)C1. The van der Waals surface area contributed by atoms with Crippen LogP contribution < -0.4 is 5.32 Å². The number of benzene rings is 1. The zero-order chi connectivity index (χ0) is 28.2. The summed E-state index contributed by atoms with van der Waals surface area (Å²) in [7, 11) is -3.60. The Balaban J connectivity index is 1.59. The van der Waals surface area contributed by atoms with Gasteiger partial charge in [0.2, 0.25) is 10.0 Å². The summed E-state index contributed by atoms with van der Waals surface area (Å²) in [5.74, 6) is -0.605. The Bertz CT molecular complexity index is 1310. The third kappa shape index (κ3) is 6.12. The van der Waals surface area contributed by atoms with Gasteiger partial charge in [0.1, 0.15) is 5.00 Å². The first-order valence-electron chi connectivity index (χ1n) is 13.5. The van der Waals surface area contributed by atoms with Gasteiger partial charge in [-0.05, 0) is 69.9 Å². The maximum absolute atomic E-state index is 13.5. The highest BCUT2D eigenvalue weighted by Crippen LogP contribution is 2.38. The van der Waals surface area contributed by atoms with Crippen molar-refractivity contribution in [2.75, 3.05) is 44.6 Å². The summed E-state index contributed by atoms with van der Waals surface area (Å²) in [4.78, 5) is 43.4. The van der Waals surface area contributed by atoms with E-state index in [4.69, 9.17) is 4.74 Å². The van der Waals surface area contributed by atoms with Gasteiger partial charge >= 0.3 is 6.09 Å². The smallest absolute Gasteiger partial charge is 0.410 e. The normalized spacial score (nSPS) is 15.9. The molecule has 0 radical (unpaired) electrons. The second-order valence-corrected chi connectivity index (χ2v) is 12.5. The molecule has 2 aliphatic rings. The number of carbonyl (C=O) groups excluding carboxylic acids is 3. The minimum Gasteiger partial charge on any atom is -0.450 e. The molecule has 3 heterocycles. The molecule has 1 saturated heterocycles.